The van der Waals surface area contributed by atoms with Gasteiger partial charge in [0.25, 0.3) is 0 Å². The van der Waals surface area contributed by atoms with E-state index in [-0.39, 0.29) is 6.61 Å². The van der Waals surface area contributed by atoms with Crippen molar-refractivity contribution >= 4 is 14.0 Å². The summed E-state index contributed by atoms with van der Waals surface area (Å²) in [5, 5.41) is 29.1. The number of phosphoric acid groups is 1. The third kappa shape index (κ3) is 18.3. The average molecular weight is 585 g/mol. The van der Waals surface area contributed by atoms with Crippen molar-refractivity contribution in [1.82, 2.24) is 0 Å². The van der Waals surface area contributed by atoms with Crippen LogP contribution in [0.3, 0.4) is 0 Å². The molecule has 5 N–H and O–H groups in total. The molecule has 5 atom stereocenters. The van der Waals surface area contributed by atoms with Crippen molar-refractivity contribution in [3.8, 4) is 0 Å². The van der Waals surface area contributed by atoms with Gasteiger partial charge in [-0.15, -0.1) is 0 Å². The highest BCUT2D eigenvalue weighted by molar-refractivity contribution is 7.46. The van der Waals surface area contributed by atoms with Gasteiger partial charge < -0.3 is 39.3 Å². The predicted molar refractivity (Wildman–Crippen MR) is 146 cm³/mol. The molecule has 1 heterocycles. The van der Waals surface area contributed by atoms with Gasteiger partial charge in [0.15, 0.2) is 6.29 Å². The normalized spacial score (nSPS) is 23.7. The Bertz CT molecular complexity index is 660. The minimum absolute atomic E-state index is 0.180. The van der Waals surface area contributed by atoms with Crippen molar-refractivity contribution in [2.75, 3.05) is 13.2 Å². The molecule has 1 aliphatic heterocycles. The molecule has 0 aromatic heterocycles. The molecule has 1 fully saturated rings. The summed E-state index contributed by atoms with van der Waals surface area (Å²) < 4.78 is 31.3. The van der Waals surface area contributed by atoms with Gasteiger partial charge in [-0.25, -0.2) is 9.36 Å². The maximum atomic E-state index is 11.3. The third-order valence-electron chi connectivity index (χ3n) is 7.05. The van der Waals surface area contributed by atoms with Gasteiger partial charge >= 0.3 is 14.0 Å². The SMILES string of the molecule is CCCCCCCCCCCCCCCCCCCCO[C@@H]1O[C@H](COC(=O)O)[C@H](O)[C@H](O)[C@H]1OP(=O)(O)O. The fourth-order valence-corrected chi connectivity index (χ4v) is 5.35. The fraction of sp³-hybridized carbons (Fsp3) is 0.963. The van der Waals surface area contributed by atoms with Crippen molar-refractivity contribution in [3.63, 3.8) is 0 Å². The van der Waals surface area contributed by atoms with Gasteiger partial charge in [-0.3, -0.25) is 4.52 Å². The summed E-state index contributed by atoms with van der Waals surface area (Å²) in [6.45, 7) is 1.85. The second-order valence-corrected chi connectivity index (χ2v) is 11.7. The minimum Gasteiger partial charge on any atom is -0.450 e. The maximum absolute atomic E-state index is 11.3. The molecule has 0 aromatic carbocycles. The molecule has 0 spiro atoms. The van der Waals surface area contributed by atoms with Crippen LogP contribution in [0.2, 0.25) is 0 Å². The second-order valence-electron chi connectivity index (χ2n) is 10.5. The zero-order valence-electron chi connectivity index (χ0n) is 23.7. The van der Waals surface area contributed by atoms with E-state index in [1.54, 1.807) is 0 Å². The number of ether oxygens (including phenoxy) is 3. The smallest absolute Gasteiger partial charge is 0.450 e. The number of phosphoric ester groups is 1. The van der Waals surface area contributed by atoms with Gasteiger partial charge in [-0.05, 0) is 6.42 Å². The highest BCUT2D eigenvalue weighted by Crippen LogP contribution is 2.41. The van der Waals surface area contributed by atoms with Gasteiger partial charge in [0.05, 0.1) is 0 Å². The van der Waals surface area contributed by atoms with Crippen molar-refractivity contribution in [1.29, 1.82) is 0 Å². The summed E-state index contributed by atoms with van der Waals surface area (Å²) in [6.07, 6.45) is 13.0. The van der Waals surface area contributed by atoms with Crippen LogP contribution in [0.5, 0.6) is 0 Å². The number of unbranched alkanes of at least 4 members (excludes halogenated alkanes) is 17. The molecule has 1 saturated heterocycles. The van der Waals surface area contributed by atoms with E-state index in [0.29, 0.717) is 6.42 Å². The lowest BCUT2D eigenvalue weighted by Crippen LogP contribution is -2.60. The number of carbonyl (C=O) groups is 1. The molecule has 0 aromatic rings. The minimum atomic E-state index is -5.02. The standard InChI is InChI=1S/C27H53O11P/c1-2-3-4-5-6-7-8-9-10-11-12-13-14-15-16-17-18-19-20-35-26-25(38-39(32,33)34)24(29)23(28)22(37-26)21-36-27(30)31/h22-26,28-29H,2-21H2,1H3,(H,30,31)(H2,32,33,34)/t22-,23+,24+,25-,26-/m1/s1. The highest BCUT2D eigenvalue weighted by Gasteiger charge is 2.48. The van der Waals surface area contributed by atoms with Crippen molar-refractivity contribution in [3.05, 3.63) is 0 Å². The van der Waals surface area contributed by atoms with E-state index in [2.05, 4.69) is 16.2 Å². The molecule has 0 aliphatic carbocycles. The average Bonchev–Trinajstić information content (AvgIpc) is 2.87. The van der Waals surface area contributed by atoms with Crippen molar-refractivity contribution in [2.24, 2.45) is 0 Å². The molecule has 1 rings (SSSR count). The van der Waals surface area contributed by atoms with E-state index < -0.39 is 51.3 Å². The number of aliphatic hydroxyl groups is 2. The summed E-state index contributed by atoms with van der Waals surface area (Å²) >= 11 is 0. The monoisotopic (exact) mass is 584 g/mol. The zero-order chi connectivity index (χ0) is 28.9. The Balaban J connectivity index is 2.12. The second kappa shape index (κ2) is 21.9. The fourth-order valence-electron chi connectivity index (χ4n) is 4.80. The van der Waals surface area contributed by atoms with Gasteiger partial charge in [0.2, 0.25) is 0 Å². The lowest BCUT2D eigenvalue weighted by Gasteiger charge is -2.41. The van der Waals surface area contributed by atoms with Crippen LogP contribution in [0.25, 0.3) is 0 Å². The van der Waals surface area contributed by atoms with Gasteiger partial charge in [0, 0.05) is 6.61 Å². The van der Waals surface area contributed by atoms with Crippen LogP contribution in [0.15, 0.2) is 0 Å². The molecule has 232 valence electrons. The first-order chi connectivity index (χ1) is 18.7. The van der Waals surface area contributed by atoms with Gasteiger partial charge in [-0.1, -0.05) is 116 Å². The van der Waals surface area contributed by atoms with E-state index in [1.165, 1.54) is 89.9 Å². The first-order valence-electron chi connectivity index (χ1n) is 14.9. The van der Waals surface area contributed by atoms with Crippen LogP contribution in [-0.4, -0.2) is 75.2 Å². The number of rotatable bonds is 24. The van der Waals surface area contributed by atoms with Crippen LogP contribution >= 0.6 is 7.82 Å². The summed E-state index contributed by atoms with van der Waals surface area (Å²) in [6, 6.07) is 0. The Morgan fingerprint density at radius 1 is 0.744 bits per heavy atom. The van der Waals surface area contributed by atoms with Gasteiger partial charge in [0.1, 0.15) is 31.0 Å². The Kier molecular flexibility index (Phi) is 20.4. The van der Waals surface area contributed by atoms with E-state index in [9.17, 15) is 19.6 Å². The highest BCUT2D eigenvalue weighted by atomic mass is 31.2. The lowest BCUT2D eigenvalue weighted by atomic mass is 9.99. The van der Waals surface area contributed by atoms with Crippen LogP contribution in [0, 0.1) is 0 Å². The number of aliphatic hydroxyl groups excluding tert-OH is 2. The van der Waals surface area contributed by atoms with Crippen LogP contribution < -0.4 is 0 Å². The lowest BCUT2D eigenvalue weighted by molar-refractivity contribution is -0.297. The first kappa shape index (κ1) is 36.2. The van der Waals surface area contributed by atoms with Crippen molar-refractivity contribution in [2.45, 2.75) is 153 Å². The molecule has 0 saturated carbocycles. The number of carboxylic acid groups (broad SMARTS) is 1. The molecular formula is C27H53O11P. The summed E-state index contributed by atoms with van der Waals surface area (Å²) in [5.41, 5.74) is 0. The number of hydrogen-bond acceptors (Lipinski definition) is 8. The molecule has 39 heavy (non-hydrogen) atoms. The number of hydrogen-bond donors (Lipinski definition) is 5. The largest absolute Gasteiger partial charge is 0.505 e. The van der Waals surface area contributed by atoms with Crippen molar-refractivity contribution < 1.29 is 53.2 Å². The molecule has 0 unspecified atom stereocenters. The van der Waals surface area contributed by atoms with Crippen LogP contribution in [0.4, 0.5) is 4.79 Å². The predicted octanol–water partition coefficient (Wildman–Crippen LogP) is 5.66. The summed E-state index contributed by atoms with van der Waals surface area (Å²) in [5.74, 6) is 0. The van der Waals surface area contributed by atoms with E-state index >= 15 is 0 Å². The Morgan fingerprint density at radius 2 is 1.18 bits per heavy atom. The molecule has 0 bridgehead atoms. The first-order valence-corrected chi connectivity index (χ1v) is 16.4. The van der Waals surface area contributed by atoms with E-state index in [1.807, 2.05) is 0 Å². The van der Waals surface area contributed by atoms with E-state index in [4.69, 9.17) is 24.4 Å². The zero-order valence-corrected chi connectivity index (χ0v) is 24.6. The Morgan fingerprint density at radius 3 is 1.59 bits per heavy atom. The molecule has 0 amide bonds. The molecule has 11 nitrogen and oxygen atoms in total. The summed E-state index contributed by atoms with van der Waals surface area (Å²) in [4.78, 5) is 28.9. The third-order valence-corrected chi connectivity index (χ3v) is 7.57. The molecule has 0 radical (unpaired) electrons. The Hall–Kier alpha value is -0.780. The van der Waals surface area contributed by atoms with Crippen LogP contribution in [0.1, 0.15) is 122 Å². The van der Waals surface area contributed by atoms with Gasteiger partial charge in [-0.2, -0.15) is 0 Å². The topological polar surface area (TPSA) is 172 Å². The van der Waals surface area contributed by atoms with E-state index in [0.717, 1.165) is 19.3 Å². The van der Waals surface area contributed by atoms with Crippen LogP contribution in [-0.2, 0) is 23.3 Å². The molecular weight excluding hydrogens is 531 g/mol. The Labute approximate surface area is 233 Å². The summed E-state index contributed by atoms with van der Waals surface area (Å²) in [7, 11) is -5.02. The quantitative estimate of drug-likeness (QED) is 0.0538. The molecule has 1 aliphatic rings. The maximum Gasteiger partial charge on any atom is 0.505 e. The molecule has 12 heteroatoms.